The molecule has 3 heterocycles. The molecule has 0 bridgehead atoms. The fourth-order valence-electron chi connectivity index (χ4n) is 5.45. The standard InChI is InChI=1S/C27H30N6O/c34-27(32-15-7-10-20(18-32)26-29-23-11-4-5-12-24(23)30-26)31-22-13-6-14-25-21(22)16-28-33(25)17-19-8-2-1-3-9-19/h1-5,8-9,11-12,16,20,22H,6-7,10,13-15,17-18H2,(H,29,30)(H,31,34). The summed E-state index contributed by atoms with van der Waals surface area (Å²) < 4.78 is 2.10. The van der Waals surface area contributed by atoms with Crippen LogP contribution in [-0.4, -0.2) is 43.8 Å². The molecule has 6 rings (SSSR count). The topological polar surface area (TPSA) is 78.8 Å². The van der Waals surface area contributed by atoms with E-state index < -0.39 is 0 Å². The molecular formula is C27H30N6O. The molecule has 1 fully saturated rings. The van der Waals surface area contributed by atoms with Crippen molar-refractivity contribution in [3.8, 4) is 0 Å². The minimum Gasteiger partial charge on any atom is -0.342 e. The lowest BCUT2D eigenvalue weighted by molar-refractivity contribution is 0.173. The van der Waals surface area contributed by atoms with Gasteiger partial charge in [-0.2, -0.15) is 5.10 Å². The van der Waals surface area contributed by atoms with E-state index in [1.807, 2.05) is 35.4 Å². The number of aromatic amines is 1. The second-order valence-electron chi connectivity index (χ2n) is 9.51. The van der Waals surface area contributed by atoms with Crippen LogP contribution in [0, 0.1) is 0 Å². The summed E-state index contributed by atoms with van der Waals surface area (Å²) in [6, 6.07) is 18.6. The number of imidazole rings is 1. The summed E-state index contributed by atoms with van der Waals surface area (Å²) >= 11 is 0. The monoisotopic (exact) mass is 454 g/mol. The van der Waals surface area contributed by atoms with Crippen molar-refractivity contribution in [1.82, 2.24) is 30.0 Å². The van der Waals surface area contributed by atoms with E-state index in [2.05, 4.69) is 50.4 Å². The Hall–Kier alpha value is -3.61. The number of amides is 2. The van der Waals surface area contributed by atoms with Crippen LogP contribution in [0.4, 0.5) is 4.79 Å². The molecule has 7 nitrogen and oxygen atoms in total. The van der Waals surface area contributed by atoms with E-state index in [4.69, 9.17) is 4.98 Å². The van der Waals surface area contributed by atoms with Crippen LogP contribution >= 0.6 is 0 Å². The predicted molar refractivity (Wildman–Crippen MR) is 132 cm³/mol. The molecule has 0 spiro atoms. The van der Waals surface area contributed by atoms with Crippen LogP contribution < -0.4 is 5.32 Å². The van der Waals surface area contributed by atoms with E-state index in [0.29, 0.717) is 6.54 Å². The van der Waals surface area contributed by atoms with Crippen LogP contribution in [0.5, 0.6) is 0 Å². The molecule has 1 aliphatic heterocycles. The Morgan fingerprint density at radius 3 is 2.79 bits per heavy atom. The smallest absolute Gasteiger partial charge is 0.317 e. The molecule has 4 aromatic rings. The molecule has 2 N–H and O–H groups in total. The lowest BCUT2D eigenvalue weighted by atomic mass is 9.93. The first kappa shape index (κ1) is 21.0. The van der Waals surface area contributed by atoms with E-state index in [-0.39, 0.29) is 18.0 Å². The van der Waals surface area contributed by atoms with Gasteiger partial charge in [-0.15, -0.1) is 0 Å². The van der Waals surface area contributed by atoms with Gasteiger partial charge in [-0.3, -0.25) is 4.68 Å². The summed E-state index contributed by atoms with van der Waals surface area (Å²) in [5.74, 6) is 1.23. The number of fused-ring (bicyclic) bond motifs is 2. The lowest BCUT2D eigenvalue weighted by Gasteiger charge is -2.34. The third-order valence-electron chi connectivity index (χ3n) is 7.24. The van der Waals surface area contributed by atoms with Crippen molar-refractivity contribution >= 4 is 17.1 Å². The molecular weight excluding hydrogens is 424 g/mol. The highest BCUT2D eigenvalue weighted by Gasteiger charge is 2.30. The third kappa shape index (κ3) is 4.06. The van der Waals surface area contributed by atoms with Gasteiger partial charge in [0, 0.05) is 30.3 Å². The summed E-state index contributed by atoms with van der Waals surface area (Å²) in [6.45, 7) is 2.25. The van der Waals surface area contributed by atoms with E-state index in [1.165, 1.54) is 16.8 Å². The highest BCUT2D eigenvalue weighted by Crippen LogP contribution is 2.31. The Morgan fingerprint density at radius 1 is 1.06 bits per heavy atom. The van der Waals surface area contributed by atoms with Gasteiger partial charge in [0.05, 0.1) is 29.8 Å². The Balaban J connectivity index is 1.14. The van der Waals surface area contributed by atoms with Gasteiger partial charge in [-0.25, -0.2) is 9.78 Å². The van der Waals surface area contributed by atoms with E-state index >= 15 is 0 Å². The fourth-order valence-corrected chi connectivity index (χ4v) is 5.45. The van der Waals surface area contributed by atoms with Crippen LogP contribution in [0.1, 0.15) is 60.3 Å². The number of hydrogen-bond donors (Lipinski definition) is 2. The Bertz CT molecular complexity index is 1260. The van der Waals surface area contributed by atoms with Gasteiger partial charge in [-0.1, -0.05) is 42.5 Å². The number of hydrogen-bond acceptors (Lipinski definition) is 3. The summed E-state index contributed by atoms with van der Waals surface area (Å²) in [4.78, 5) is 23.5. The summed E-state index contributed by atoms with van der Waals surface area (Å²) in [5.41, 5.74) is 5.70. The molecule has 2 atom stereocenters. The maximum Gasteiger partial charge on any atom is 0.317 e. The number of likely N-dealkylation sites (tertiary alicyclic amines) is 1. The van der Waals surface area contributed by atoms with Crippen LogP contribution in [0.15, 0.2) is 60.8 Å². The zero-order valence-electron chi connectivity index (χ0n) is 19.3. The number of H-pyrrole nitrogens is 1. The summed E-state index contributed by atoms with van der Waals surface area (Å²) in [5, 5.41) is 8.00. The molecule has 1 saturated heterocycles. The number of benzene rings is 2. The van der Waals surface area contributed by atoms with Crippen LogP contribution in [0.25, 0.3) is 11.0 Å². The maximum atomic E-state index is 13.3. The first-order chi connectivity index (χ1) is 16.7. The number of aromatic nitrogens is 4. The number of carbonyl (C=O) groups is 1. The highest BCUT2D eigenvalue weighted by molar-refractivity contribution is 5.76. The predicted octanol–water partition coefficient (Wildman–Crippen LogP) is 4.77. The van der Waals surface area contributed by atoms with Gasteiger partial charge in [-0.05, 0) is 49.8 Å². The van der Waals surface area contributed by atoms with Gasteiger partial charge >= 0.3 is 6.03 Å². The lowest BCUT2D eigenvalue weighted by Crippen LogP contribution is -2.46. The zero-order chi connectivity index (χ0) is 22.9. The minimum absolute atomic E-state index is 0.0207. The fraction of sp³-hybridized carbons (Fsp3) is 0.370. The maximum absolute atomic E-state index is 13.3. The van der Waals surface area contributed by atoms with Gasteiger partial charge in [0.25, 0.3) is 0 Å². The molecule has 2 aromatic heterocycles. The van der Waals surface area contributed by atoms with E-state index in [0.717, 1.165) is 62.1 Å². The van der Waals surface area contributed by atoms with Gasteiger partial charge in [0.2, 0.25) is 0 Å². The van der Waals surface area contributed by atoms with Crippen molar-refractivity contribution in [1.29, 1.82) is 0 Å². The second kappa shape index (κ2) is 8.97. The molecule has 174 valence electrons. The molecule has 7 heteroatoms. The number of rotatable bonds is 4. The molecule has 2 unspecified atom stereocenters. The largest absolute Gasteiger partial charge is 0.342 e. The third-order valence-corrected chi connectivity index (χ3v) is 7.24. The van der Waals surface area contributed by atoms with Crippen molar-refractivity contribution in [3.63, 3.8) is 0 Å². The SMILES string of the molecule is O=C(NC1CCCc2c1cnn2Cc1ccccc1)N1CCCC(c2nc3ccccc3[nH]2)C1. The number of nitrogens with zero attached hydrogens (tertiary/aromatic N) is 4. The molecule has 34 heavy (non-hydrogen) atoms. The quantitative estimate of drug-likeness (QED) is 0.466. The van der Waals surface area contributed by atoms with Gasteiger partial charge in [0.15, 0.2) is 0 Å². The molecule has 2 aliphatic rings. The van der Waals surface area contributed by atoms with Crippen LogP contribution in [0.3, 0.4) is 0 Å². The first-order valence-corrected chi connectivity index (χ1v) is 12.3. The van der Waals surface area contributed by atoms with Crippen molar-refractivity contribution in [3.05, 3.63) is 83.4 Å². The summed E-state index contributed by atoms with van der Waals surface area (Å²) in [7, 11) is 0. The van der Waals surface area contributed by atoms with E-state index in [9.17, 15) is 4.79 Å². The van der Waals surface area contributed by atoms with Gasteiger partial charge < -0.3 is 15.2 Å². The average Bonchev–Trinajstić information content (AvgIpc) is 3.50. The van der Waals surface area contributed by atoms with Crippen LogP contribution in [-0.2, 0) is 13.0 Å². The number of piperidine rings is 1. The molecule has 2 aromatic carbocycles. The molecule has 0 saturated carbocycles. The molecule has 1 aliphatic carbocycles. The number of para-hydroxylation sites is 2. The highest BCUT2D eigenvalue weighted by atomic mass is 16.2. The molecule has 0 radical (unpaired) electrons. The molecule has 2 amide bonds. The van der Waals surface area contributed by atoms with E-state index in [1.54, 1.807) is 0 Å². The van der Waals surface area contributed by atoms with Crippen molar-refractivity contribution in [2.75, 3.05) is 13.1 Å². The van der Waals surface area contributed by atoms with Crippen molar-refractivity contribution in [2.45, 2.75) is 50.6 Å². The Labute approximate surface area is 199 Å². The second-order valence-corrected chi connectivity index (χ2v) is 9.51. The average molecular weight is 455 g/mol. The van der Waals surface area contributed by atoms with Crippen molar-refractivity contribution in [2.24, 2.45) is 0 Å². The minimum atomic E-state index is 0.0207. The zero-order valence-corrected chi connectivity index (χ0v) is 19.3. The van der Waals surface area contributed by atoms with Crippen molar-refractivity contribution < 1.29 is 4.79 Å². The normalized spacial score (nSPS) is 20.3. The Kier molecular flexibility index (Phi) is 5.53. The van der Waals surface area contributed by atoms with Crippen LogP contribution in [0.2, 0.25) is 0 Å². The summed E-state index contributed by atoms with van der Waals surface area (Å²) in [6.07, 6.45) is 7.00. The number of nitrogens with one attached hydrogen (secondary N) is 2. The first-order valence-electron chi connectivity index (χ1n) is 12.3. The Morgan fingerprint density at radius 2 is 1.91 bits per heavy atom. The number of urea groups is 1. The van der Waals surface area contributed by atoms with Gasteiger partial charge in [0.1, 0.15) is 5.82 Å². The number of carbonyl (C=O) groups excluding carboxylic acids is 1.